The third kappa shape index (κ3) is 1.19. The van der Waals surface area contributed by atoms with Gasteiger partial charge in [0, 0.05) is 8.95 Å². The number of Topliss-reactive ketones (excluding diaryl/α,β-unsaturated/α-hetero) is 1. The van der Waals surface area contributed by atoms with Crippen LogP contribution in [0.25, 0.3) is 0 Å². The molecule has 1 aromatic carbocycles. The molecule has 0 saturated carbocycles. The van der Waals surface area contributed by atoms with E-state index in [1.165, 1.54) is 0 Å². The summed E-state index contributed by atoms with van der Waals surface area (Å²) in [5.41, 5.74) is 0.657. The fourth-order valence-electron chi connectivity index (χ4n) is 1.09. The largest absolute Gasteiger partial charge is 0.485 e. The highest BCUT2D eigenvalue weighted by Crippen LogP contribution is 2.34. The lowest BCUT2D eigenvalue weighted by Gasteiger charge is -1.99. The Kier molecular flexibility index (Phi) is 1.96. The third-order valence-electron chi connectivity index (χ3n) is 1.68. The van der Waals surface area contributed by atoms with Crippen LogP contribution in [0.5, 0.6) is 5.75 Å². The van der Waals surface area contributed by atoms with Crippen LogP contribution in [0.3, 0.4) is 0 Å². The van der Waals surface area contributed by atoms with Crippen LogP contribution in [0.15, 0.2) is 21.1 Å². The van der Waals surface area contributed by atoms with E-state index in [-0.39, 0.29) is 12.4 Å². The lowest BCUT2D eigenvalue weighted by atomic mass is 10.1. The first kappa shape index (κ1) is 8.26. The van der Waals surface area contributed by atoms with Crippen LogP contribution in [0.4, 0.5) is 0 Å². The van der Waals surface area contributed by atoms with Crippen molar-refractivity contribution in [2.45, 2.75) is 0 Å². The Hall–Kier alpha value is -0.350. The van der Waals surface area contributed by atoms with E-state index < -0.39 is 0 Å². The van der Waals surface area contributed by atoms with Gasteiger partial charge in [-0.2, -0.15) is 0 Å². The number of halogens is 2. The van der Waals surface area contributed by atoms with Gasteiger partial charge in [-0.15, -0.1) is 0 Å². The summed E-state index contributed by atoms with van der Waals surface area (Å²) in [4.78, 5) is 11.2. The highest BCUT2D eigenvalue weighted by atomic mass is 79.9. The molecular weight excluding hydrogens is 288 g/mol. The van der Waals surface area contributed by atoms with Gasteiger partial charge in [0.2, 0.25) is 5.78 Å². The van der Waals surface area contributed by atoms with Crippen molar-refractivity contribution in [3.8, 4) is 5.75 Å². The number of carbonyl (C=O) groups excluding carboxylic acids is 1. The molecule has 62 valence electrons. The van der Waals surface area contributed by atoms with Gasteiger partial charge in [-0.25, -0.2) is 0 Å². The topological polar surface area (TPSA) is 26.3 Å². The maximum Gasteiger partial charge on any atom is 0.203 e. The number of fused-ring (bicyclic) bond motifs is 1. The highest BCUT2D eigenvalue weighted by molar-refractivity contribution is 9.13. The minimum absolute atomic E-state index is 0.0400. The molecule has 1 aliphatic heterocycles. The second kappa shape index (κ2) is 2.85. The van der Waals surface area contributed by atoms with Crippen molar-refractivity contribution >= 4 is 37.6 Å². The molecular formula is C8H4Br2O2. The van der Waals surface area contributed by atoms with Crippen molar-refractivity contribution in [2.75, 3.05) is 6.61 Å². The summed E-state index contributed by atoms with van der Waals surface area (Å²) in [6, 6.07) is 3.57. The maximum absolute atomic E-state index is 11.2. The molecule has 4 heteroatoms. The summed E-state index contributed by atoms with van der Waals surface area (Å²) >= 11 is 6.65. The molecule has 0 aliphatic carbocycles. The average molecular weight is 292 g/mol. The number of carbonyl (C=O) groups is 1. The molecule has 0 fully saturated rings. The number of rotatable bonds is 0. The molecule has 2 nitrogen and oxygen atoms in total. The Morgan fingerprint density at radius 1 is 1.25 bits per heavy atom. The Morgan fingerprint density at radius 2 is 1.92 bits per heavy atom. The summed E-state index contributed by atoms with van der Waals surface area (Å²) in [7, 11) is 0. The van der Waals surface area contributed by atoms with Gasteiger partial charge in [0.15, 0.2) is 6.61 Å². The number of hydrogen-bond donors (Lipinski definition) is 0. The van der Waals surface area contributed by atoms with Crippen LogP contribution in [0.1, 0.15) is 10.4 Å². The van der Waals surface area contributed by atoms with Gasteiger partial charge in [-0.1, -0.05) is 0 Å². The average Bonchev–Trinajstić information content (AvgIpc) is 2.35. The Balaban J connectivity index is 2.63. The van der Waals surface area contributed by atoms with E-state index >= 15 is 0 Å². The van der Waals surface area contributed by atoms with E-state index in [0.717, 1.165) is 8.95 Å². The zero-order valence-electron chi connectivity index (χ0n) is 5.93. The van der Waals surface area contributed by atoms with Crippen LogP contribution in [-0.2, 0) is 0 Å². The summed E-state index contributed by atoms with van der Waals surface area (Å²) in [5.74, 6) is 0.702. The Labute approximate surface area is 86.2 Å². The predicted molar refractivity (Wildman–Crippen MR) is 51.7 cm³/mol. The smallest absolute Gasteiger partial charge is 0.203 e. The molecule has 0 spiro atoms. The van der Waals surface area contributed by atoms with E-state index in [0.29, 0.717) is 11.3 Å². The Morgan fingerprint density at radius 3 is 2.67 bits per heavy atom. The third-order valence-corrected chi connectivity index (χ3v) is 3.53. The number of hydrogen-bond acceptors (Lipinski definition) is 2. The molecule has 0 aromatic heterocycles. The van der Waals surface area contributed by atoms with Gasteiger partial charge >= 0.3 is 0 Å². The molecule has 12 heavy (non-hydrogen) atoms. The first-order chi connectivity index (χ1) is 5.68. The number of benzene rings is 1. The van der Waals surface area contributed by atoms with Crippen molar-refractivity contribution in [3.63, 3.8) is 0 Å². The molecule has 0 amide bonds. The molecule has 0 unspecified atom stereocenters. The van der Waals surface area contributed by atoms with Crippen molar-refractivity contribution in [2.24, 2.45) is 0 Å². The number of ketones is 1. The normalized spacial score (nSPS) is 14.3. The molecule has 1 aromatic rings. The summed E-state index contributed by atoms with van der Waals surface area (Å²) < 4.78 is 6.92. The molecule has 0 bridgehead atoms. The zero-order chi connectivity index (χ0) is 8.72. The highest BCUT2D eigenvalue weighted by Gasteiger charge is 2.21. The summed E-state index contributed by atoms with van der Waals surface area (Å²) in [5, 5.41) is 0. The van der Waals surface area contributed by atoms with Gasteiger partial charge in [-0.05, 0) is 44.0 Å². The standard InChI is InChI=1S/C8H4Br2O2/c9-5-1-4-7(11)3-12-8(4)2-6(5)10/h1-2H,3H2. The summed E-state index contributed by atoms with van der Waals surface area (Å²) in [6.45, 7) is 0.165. The first-order valence-corrected chi connectivity index (χ1v) is 4.92. The number of ether oxygens (including phenoxy) is 1. The lowest BCUT2D eigenvalue weighted by Crippen LogP contribution is -1.98. The SMILES string of the molecule is O=C1COc2cc(Br)c(Br)cc21. The molecule has 0 N–H and O–H groups in total. The Bertz CT molecular complexity index is 360. The van der Waals surface area contributed by atoms with Crippen molar-refractivity contribution < 1.29 is 9.53 Å². The minimum Gasteiger partial charge on any atom is -0.485 e. The lowest BCUT2D eigenvalue weighted by molar-refractivity contribution is 0.0961. The monoisotopic (exact) mass is 290 g/mol. The second-order valence-corrected chi connectivity index (χ2v) is 4.18. The van der Waals surface area contributed by atoms with E-state index in [1.54, 1.807) is 12.1 Å². The van der Waals surface area contributed by atoms with E-state index in [9.17, 15) is 4.79 Å². The van der Waals surface area contributed by atoms with Crippen molar-refractivity contribution in [3.05, 3.63) is 26.6 Å². The minimum atomic E-state index is 0.0400. The molecule has 0 saturated heterocycles. The van der Waals surface area contributed by atoms with Gasteiger partial charge in [-0.3, -0.25) is 4.79 Å². The van der Waals surface area contributed by atoms with Crippen LogP contribution in [0, 0.1) is 0 Å². The summed E-state index contributed by atoms with van der Waals surface area (Å²) in [6.07, 6.45) is 0. The molecule has 0 atom stereocenters. The fourth-order valence-corrected chi connectivity index (χ4v) is 1.75. The van der Waals surface area contributed by atoms with Crippen LogP contribution < -0.4 is 4.74 Å². The van der Waals surface area contributed by atoms with E-state index in [2.05, 4.69) is 31.9 Å². The molecule has 1 aliphatic rings. The molecule has 0 radical (unpaired) electrons. The van der Waals surface area contributed by atoms with Gasteiger partial charge in [0.1, 0.15) is 5.75 Å². The van der Waals surface area contributed by atoms with Crippen LogP contribution in [0.2, 0.25) is 0 Å². The quantitative estimate of drug-likeness (QED) is 0.735. The van der Waals surface area contributed by atoms with Gasteiger partial charge < -0.3 is 4.74 Å². The zero-order valence-corrected chi connectivity index (χ0v) is 9.11. The van der Waals surface area contributed by atoms with Crippen LogP contribution in [-0.4, -0.2) is 12.4 Å². The predicted octanol–water partition coefficient (Wildman–Crippen LogP) is 2.79. The second-order valence-electron chi connectivity index (χ2n) is 2.47. The first-order valence-electron chi connectivity index (χ1n) is 3.33. The molecule has 2 rings (SSSR count). The van der Waals surface area contributed by atoms with Gasteiger partial charge in [0.05, 0.1) is 5.56 Å². The van der Waals surface area contributed by atoms with Crippen molar-refractivity contribution in [1.29, 1.82) is 0 Å². The fraction of sp³-hybridized carbons (Fsp3) is 0.125. The van der Waals surface area contributed by atoms with Crippen molar-refractivity contribution in [1.82, 2.24) is 0 Å². The van der Waals surface area contributed by atoms with Gasteiger partial charge in [0.25, 0.3) is 0 Å². The van der Waals surface area contributed by atoms with E-state index in [4.69, 9.17) is 4.74 Å². The van der Waals surface area contributed by atoms with E-state index in [1.807, 2.05) is 0 Å². The maximum atomic E-state index is 11.2. The molecule has 1 heterocycles. The van der Waals surface area contributed by atoms with Crippen LogP contribution >= 0.6 is 31.9 Å².